The Kier molecular flexibility index (Phi) is 2.90. The lowest BCUT2D eigenvalue weighted by molar-refractivity contribution is -0.118. The molecule has 0 spiro atoms. The lowest BCUT2D eigenvalue weighted by atomic mass is 10.0. The van der Waals surface area contributed by atoms with Crippen LogP contribution in [0, 0.1) is 16.7 Å². The van der Waals surface area contributed by atoms with Crippen molar-refractivity contribution >= 4 is 11.7 Å². The highest BCUT2D eigenvalue weighted by Crippen LogP contribution is 2.68. The number of rotatable bonds is 3. The number of hydrogen-bond acceptors (Lipinski definition) is 4. The number of pyridine rings is 1. The molecule has 1 fully saturated rings. The normalized spacial score (nSPS) is 19.2. The molecule has 1 N–H and O–H groups in total. The van der Waals surface area contributed by atoms with Gasteiger partial charge in [-0.15, -0.1) is 0 Å². The summed E-state index contributed by atoms with van der Waals surface area (Å²) in [7, 11) is 0. The number of carbonyl (C=O) groups excluding carboxylic acids is 1. The highest BCUT2D eigenvalue weighted by Gasteiger charge is 2.68. The molecule has 2 aromatic rings. The largest absolute Gasteiger partial charge is 0.356 e. The lowest BCUT2D eigenvalue weighted by Gasteiger charge is -2.06. The molecule has 0 atom stereocenters. The minimum atomic E-state index is 0.0146. The van der Waals surface area contributed by atoms with Crippen LogP contribution in [0.3, 0.4) is 0 Å². The molecule has 5 nitrogen and oxygen atoms in total. The van der Waals surface area contributed by atoms with Crippen LogP contribution in [0.2, 0.25) is 0 Å². The van der Waals surface area contributed by atoms with E-state index in [-0.39, 0.29) is 22.7 Å². The number of anilines is 1. The van der Waals surface area contributed by atoms with Gasteiger partial charge in [-0.1, -0.05) is 32.9 Å². The van der Waals surface area contributed by atoms with Gasteiger partial charge in [-0.25, -0.2) is 4.98 Å². The maximum absolute atomic E-state index is 12.3. The average Bonchev–Trinajstić information content (AvgIpc) is 2.80. The highest BCUT2D eigenvalue weighted by molar-refractivity contribution is 5.95. The van der Waals surface area contributed by atoms with Gasteiger partial charge in [-0.2, -0.15) is 0 Å². The van der Waals surface area contributed by atoms with Gasteiger partial charge in [0.05, 0.1) is 6.20 Å². The SMILES string of the molecule is CC1(C)C(C(=O)Nc2ccc(-c3ccno3)cn2)C1(C)C. The van der Waals surface area contributed by atoms with Crippen molar-refractivity contribution in [3.63, 3.8) is 0 Å². The van der Waals surface area contributed by atoms with Crippen molar-refractivity contribution in [2.24, 2.45) is 16.7 Å². The highest BCUT2D eigenvalue weighted by atomic mass is 16.5. The van der Waals surface area contributed by atoms with E-state index in [0.717, 1.165) is 5.56 Å². The molecular weight excluding hydrogens is 266 g/mol. The first-order chi connectivity index (χ1) is 9.84. The van der Waals surface area contributed by atoms with E-state index in [1.165, 1.54) is 0 Å². The second kappa shape index (κ2) is 4.41. The van der Waals surface area contributed by atoms with Crippen LogP contribution in [0.4, 0.5) is 5.82 Å². The number of amides is 1. The van der Waals surface area contributed by atoms with E-state index in [0.29, 0.717) is 11.6 Å². The third-order valence-electron chi connectivity index (χ3n) is 5.02. The smallest absolute Gasteiger partial charge is 0.229 e. The zero-order chi connectivity index (χ0) is 15.3. The van der Waals surface area contributed by atoms with Crippen molar-refractivity contribution in [1.29, 1.82) is 0 Å². The lowest BCUT2D eigenvalue weighted by Crippen LogP contribution is -2.18. The van der Waals surface area contributed by atoms with E-state index in [2.05, 4.69) is 43.2 Å². The van der Waals surface area contributed by atoms with Crippen molar-refractivity contribution in [2.75, 3.05) is 5.32 Å². The van der Waals surface area contributed by atoms with Crippen molar-refractivity contribution in [1.82, 2.24) is 10.1 Å². The summed E-state index contributed by atoms with van der Waals surface area (Å²) >= 11 is 0. The number of hydrogen-bond donors (Lipinski definition) is 1. The molecule has 0 aliphatic heterocycles. The van der Waals surface area contributed by atoms with E-state index >= 15 is 0 Å². The molecule has 0 unspecified atom stereocenters. The molecule has 1 aliphatic rings. The van der Waals surface area contributed by atoms with E-state index in [1.54, 1.807) is 24.5 Å². The van der Waals surface area contributed by atoms with E-state index in [1.807, 2.05) is 6.07 Å². The standard InChI is InChI=1S/C16H19N3O2/c1-15(2)13(16(15,3)4)14(20)19-12-6-5-10(9-17-12)11-7-8-18-21-11/h5-9,13H,1-4H3,(H,17,19,20). The Balaban J connectivity index is 1.71. The van der Waals surface area contributed by atoms with Crippen LogP contribution in [-0.2, 0) is 4.79 Å². The summed E-state index contributed by atoms with van der Waals surface area (Å²) in [5.41, 5.74) is 0.880. The number of nitrogens with zero attached hydrogens (tertiary/aromatic N) is 2. The van der Waals surface area contributed by atoms with Crippen molar-refractivity contribution in [3.05, 3.63) is 30.6 Å². The average molecular weight is 285 g/mol. The Morgan fingerprint density at radius 2 is 1.90 bits per heavy atom. The van der Waals surface area contributed by atoms with Crippen LogP contribution in [0.1, 0.15) is 27.7 Å². The summed E-state index contributed by atoms with van der Waals surface area (Å²) < 4.78 is 5.07. The maximum Gasteiger partial charge on any atom is 0.229 e. The molecule has 1 aliphatic carbocycles. The molecule has 0 bridgehead atoms. The molecule has 21 heavy (non-hydrogen) atoms. The van der Waals surface area contributed by atoms with Crippen molar-refractivity contribution in [3.8, 4) is 11.3 Å². The molecule has 1 amide bonds. The van der Waals surface area contributed by atoms with Gasteiger partial charge < -0.3 is 9.84 Å². The zero-order valence-corrected chi connectivity index (χ0v) is 12.7. The Labute approximate surface area is 123 Å². The van der Waals surface area contributed by atoms with E-state index in [9.17, 15) is 4.79 Å². The van der Waals surface area contributed by atoms with Gasteiger partial charge in [0, 0.05) is 23.7 Å². The Hall–Kier alpha value is -2.17. The monoisotopic (exact) mass is 285 g/mol. The molecule has 0 radical (unpaired) electrons. The van der Waals surface area contributed by atoms with Gasteiger partial charge in [0.1, 0.15) is 5.82 Å². The number of nitrogens with one attached hydrogen (secondary N) is 1. The third kappa shape index (κ3) is 2.13. The second-order valence-electron chi connectivity index (χ2n) is 6.67. The predicted octanol–water partition coefficient (Wildman–Crippen LogP) is 3.36. The fourth-order valence-corrected chi connectivity index (χ4v) is 3.03. The molecule has 1 saturated carbocycles. The fraction of sp³-hybridized carbons (Fsp3) is 0.438. The molecule has 2 heterocycles. The van der Waals surface area contributed by atoms with Crippen LogP contribution in [0.5, 0.6) is 0 Å². The first-order valence-corrected chi connectivity index (χ1v) is 7.02. The fourth-order valence-electron chi connectivity index (χ4n) is 3.03. The summed E-state index contributed by atoms with van der Waals surface area (Å²) in [5.74, 6) is 1.26. The topological polar surface area (TPSA) is 68.0 Å². The summed E-state index contributed by atoms with van der Waals surface area (Å²) in [6, 6.07) is 5.40. The van der Waals surface area contributed by atoms with Crippen LogP contribution in [0.15, 0.2) is 35.1 Å². The van der Waals surface area contributed by atoms with E-state index in [4.69, 9.17) is 4.52 Å². The summed E-state index contributed by atoms with van der Waals surface area (Å²) in [4.78, 5) is 16.6. The summed E-state index contributed by atoms with van der Waals surface area (Å²) in [6.45, 7) is 8.49. The van der Waals surface area contributed by atoms with Crippen LogP contribution >= 0.6 is 0 Å². The Bertz CT molecular complexity index is 643. The van der Waals surface area contributed by atoms with Crippen LogP contribution in [0.25, 0.3) is 11.3 Å². The van der Waals surface area contributed by atoms with Gasteiger partial charge in [0.2, 0.25) is 5.91 Å². The quantitative estimate of drug-likeness (QED) is 0.939. The van der Waals surface area contributed by atoms with Gasteiger partial charge in [-0.05, 0) is 23.0 Å². The van der Waals surface area contributed by atoms with Crippen molar-refractivity contribution in [2.45, 2.75) is 27.7 Å². The van der Waals surface area contributed by atoms with Crippen molar-refractivity contribution < 1.29 is 9.32 Å². The minimum absolute atomic E-state index is 0.0146. The van der Waals surface area contributed by atoms with E-state index < -0.39 is 0 Å². The zero-order valence-electron chi connectivity index (χ0n) is 12.7. The minimum Gasteiger partial charge on any atom is -0.356 e. The van der Waals surface area contributed by atoms with Crippen LogP contribution < -0.4 is 5.32 Å². The molecule has 5 heteroatoms. The molecule has 0 saturated heterocycles. The molecule has 110 valence electrons. The molecule has 3 rings (SSSR count). The van der Waals surface area contributed by atoms with Gasteiger partial charge in [-0.3, -0.25) is 4.79 Å². The second-order valence-corrected chi connectivity index (χ2v) is 6.67. The number of aromatic nitrogens is 2. The van der Waals surface area contributed by atoms with Gasteiger partial charge >= 0.3 is 0 Å². The summed E-state index contributed by atoms with van der Waals surface area (Å²) in [6.07, 6.45) is 3.25. The third-order valence-corrected chi connectivity index (χ3v) is 5.02. The Morgan fingerprint density at radius 3 is 2.38 bits per heavy atom. The number of carbonyl (C=O) groups is 1. The van der Waals surface area contributed by atoms with Crippen LogP contribution in [-0.4, -0.2) is 16.0 Å². The maximum atomic E-state index is 12.3. The van der Waals surface area contributed by atoms with Gasteiger partial charge in [0.15, 0.2) is 5.76 Å². The first kappa shape index (κ1) is 13.8. The Morgan fingerprint density at radius 1 is 1.19 bits per heavy atom. The molecular formula is C16H19N3O2. The molecule has 0 aromatic carbocycles. The predicted molar refractivity (Wildman–Crippen MR) is 79.4 cm³/mol. The first-order valence-electron chi connectivity index (χ1n) is 7.02. The van der Waals surface area contributed by atoms with Gasteiger partial charge in [0.25, 0.3) is 0 Å². The summed E-state index contributed by atoms with van der Waals surface area (Å²) in [5, 5.41) is 6.55. The molecule has 2 aromatic heterocycles.